The lowest BCUT2D eigenvalue weighted by atomic mass is 10.2. The minimum Gasteiger partial charge on any atom is -0.351 e. The van der Waals surface area contributed by atoms with Gasteiger partial charge in [-0.2, -0.15) is 13.2 Å². The number of nitrogens with zero attached hydrogens (tertiary/aromatic N) is 2. The molecule has 0 unspecified atom stereocenters. The molecule has 0 saturated carbocycles. The Labute approximate surface area is 161 Å². The van der Waals surface area contributed by atoms with Gasteiger partial charge in [0.25, 0.3) is 0 Å². The second kappa shape index (κ2) is 7.93. The van der Waals surface area contributed by atoms with E-state index < -0.39 is 17.6 Å². The van der Waals surface area contributed by atoms with Crippen LogP contribution in [0.5, 0.6) is 0 Å². The first kappa shape index (κ1) is 19.7. The van der Waals surface area contributed by atoms with Gasteiger partial charge in [0.1, 0.15) is 5.82 Å². The fraction of sp³-hybridized carbons (Fsp3) is 0.167. The van der Waals surface area contributed by atoms with Crippen LogP contribution < -0.4 is 10.6 Å². The Morgan fingerprint density at radius 3 is 2.68 bits per heavy atom. The molecule has 0 spiro atoms. The number of halogens is 4. The van der Waals surface area contributed by atoms with Crippen molar-refractivity contribution in [3.63, 3.8) is 0 Å². The van der Waals surface area contributed by atoms with Crippen LogP contribution in [-0.4, -0.2) is 15.9 Å². The Kier molecular flexibility index (Phi) is 5.59. The van der Waals surface area contributed by atoms with Crippen molar-refractivity contribution in [2.75, 3.05) is 5.32 Å². The second-order valence-electron chi connectivity index (χ2n) is 5.76. The van der Waals surface area contributed by atoms with E-state index in [2.05, 4.69) is 20.6 Å². The molecule has 10 heteroatoms. The van der Waals surface area contributed by atoms with Crippen molar-refractivity contribution in [3.8, 4) is 11.3 Å². The van der Waals surface area contributed by atoms with E-state index in [1.807, 2.05) is 0 Å². The van der Waals surface area contributed by atoms with Crippen LogP contribution in [0.3, 0.4) is 0 Å². The highest BCUT2D eigenvalue weighted by atomic mass is 32.1. The summed E-state index contributed by atoms with van der Waals surface area (Å²) in [6, 6.07) is 6.14. The predicted octanol–water partition coefficient (Wildman–Crippen LogP) is 4.74. The van der Waals surface area contributed by atoms with Gasteiger partial charge in [0, 0.05) is 30.6 Å². The molecule has 2 aromatic heterocycles. The molecule has 2 heterocycles. The average molecular weight is 410 g/mol. The average Bonchev–Trinajstić information content (AvgIpc) is 3.04. The predicted molar refractivity (Wildman–Crippen MR) is 97.6 cm³/mol. The van der Waals surface area contributed by atoms with Gasteiger partial charge in [-0.1, -0.05) is 11.3 Å². The molecule has 0 aliphatic rings. The molecule has 2 N–H and O–H groups in total. The smallest absolute Gasteiger partial charge is 0.351 e. The third-order valence-corrected chi connectivity index (χ3v) is 4.62. The molecule has 0 radical (unpaired) electrons. The van der Waals surface area contributed by atoms with Crippen molar-refractivity contribution in [1.29, 1.82) is 0 Å². The number of anilines is 2. The summed E-state index contributed by atoms with van der Waals surface area (Å²) in [5.41, 5.74) is -0.0685. The van der Waals surface area contributed by atoms with E-state index in [1.54, 1.807) is 24.5 Å². The second-order valence-corrected chi connectivity index (χ2v) is 6.84. The van der Waals surface area contributed by atoms with Gasteiger partial charge in [-0.05, 0) is 30.3 Å². The van der Waals surface area contributed by atoms with Gasteiger partial charge in [-0.15, -0.1) is 0 Å². The molecule has 28 heavy (non-hydrogen) atoms. The van der Waals surface area contributed by atoms with Gasteiger partial charge in [-0.25, -0.2) is 9.37 Å². The standard InChI is InChI=1S/C18H14F4N4OS/c1-10(27)24-9-15-16(11-3-2-6-23-8-11)26-17(28-15)25-12-4-5-14(19)13(7-12)18(20,21)22/h2-8H,9H2,1H3,(H,24,27)(H,25,26). The van der Waals surface area contributed by atoms with Crippen LogP contribution in [0.25, 0.3) is 11.3 Å². The molecular formula is C18H14F4N4OS. The van der Waals surface area contributed by atoms with Gasteiger partial charge in [-0.3, -0.25) is 9.78 Å². The maximum Gasteiger partial charge on any atom is 0.419 e. The Hall–Kier alpha value is -3.01. The van der Waals surface area contributed by atoms with Crippen molar-refractivity contribution >= 4 is 28.1 Å². The third kappa shape index (κ3) is 4.63. The first-order valence-electron chi connectivity index (χ1n) is 8.02. The first-order chi connectivity index (χ1) is 13.2. The molecule has 0 bridgehead atoms. The van der Waals surface area contributed by atoms with Gasteiger partial charge >= 0.3 is 6.18 Å². The van der Waals surface area contributed by atoms with Crippen LogP contribution in [0.2, 0.25) is 0 Å². The number of alkyl halides is 3. The highest BCUT2D eigenvalue weighted by Crippen LogP contribution is 2.36. The molecule has 5 nitrogen and oxygen atoms in total. The summed E-state index contributed by atoms with van der Waals surface area (Å²) in [7, 11) is 0. The summed E-state index contributed by atoms with van der Waals surface area (Å²) in [5.74, 6) is -1.58. The summed E-state index contributed by atoms with van der Waals surface area (Å²) in [5, 5.41) is 5.74. The fourth-order valence-electron chi connectivity index (χ4n) is 2.40. The van der Waals surface area contributed by atoms with Crippen LogP contribution in [0.4, 0.5) is 28.4 Å². The Morgan fingerprint density at radius 2 is 2.04 bits per heavy atom. The number of rotatable bonds is 5. The zero-order chi connectivity index (χ0) is 20.3. The van der Waals surface area contributed by atoms with E-state index in [9.17, 15) is 22.4 Å². The first-order valence-corrected chi connectivity index (χ1v) is 8.84. The topological polar surface area (TPSA) is 66.9 Å². The van der Waals surface area contributed by atoms with E-state index in [-0.39, 0.29) is 18.1 Å². The molecule has 146 valence electrons. The minimum absolute atomic E-state index is 0.0475. The van der Waals surface area contributed by atoms with Crippen molar-refractivity contribution in [2.24, 2.45) is 0 Å². The number of hydrogen-bond acceptors (Lipinski definition) is 5. The van der Waals surface area contributed by atoms with Crippen LogP contribution in [0, 0.1) is 5.82 Å². The lowest BCUT2D eigenvalue weighted by Crippen LogP contribution is -2.18. The molecule has 0 aliphatic heterocycles. The summed E-state index contributed by atoms with van der Waals surface area (Å²) < 4.78 is 52.2. The van der Waals surface area contributed by atoms with Gasteiger partial charge < -0.3 is 10.6 Å². The summed E-state index contributed by atoms with van der Waals surface area (Å²) >= 11 is 1.17. The van der Waals surface area contributed by atoms with Gasteiger partial charge in [0.05, 0.1) is 22.7 Å². The lowest BCUT2D eigenvalue weighted by molar-refractivity contribution is -0.139. The van der Waals surface area contributed by atoms with E-state index in [4.69, 9.17) is 0 Å². The number of thiazole rings is 1. The quantitative estimate of drug-likeness (QED) is 0.596. The summed E-state index contributed by atoms with van der Waals surface area (Å²) in [6.45, 7) is 1.58. The van der Waals surface area contributed by atoms with Crippen molar-refractivity contribution in [1.82, 2.24) is 15.3 Å². The molecule has 3 rings (SSSR count). The number of pyridine rings is 1. The largest absolute Gasteiger partial charge is 0.419 e. The molecule has 1 aromatic carbocycles. The summed E-state index contributed by atoms with van der Waals surface area (Å²) in [4.78, 5) is 20.4. The van der Waals surface area contributed by atoms with E-state index in [1.165, 1.54) is 24.3 Å². The third-order valence-electron chi connectivity index (χ3n) is 3.65. The Morgan fingerprint density at radius 1 is 1.25 bits per heavy atom. The number of amides is 1. The monoisotopic (exact) mass is 410 g/mol. The summed E-state index contributed by atoms with van der Waals surface area (Å²) in [6.07, 6.45) is -1.61. The molecule has 1 amide bonds. The highest BCUT2D eigenvalue weighted by molar-refractivity contribution is 7.16. The number of carbonyl (C=O) groups excluding carboxylic acids is 1. The van der Waals surface area contributed by atoms with Crippen LogP contribution in [0.15, 0.2) is 42.7 Å². The normalized spacial score (nSPS) is 11.3. The lowest BCUT2D eigenvalue weighted by Gasteiger charge is -2.10. The number of nitrogens with one attached hydrogen (secondary N) is 2. The Balaban J connectivity index is 1.94. The van der Waals surface area contributed by atoms with Crippen LogP contribution >= 0.6 is 11.3 Å². The zero-order valence-corrected chi connectivity index (χ0v) is 15.3. The van der Waals surface area contributed by atoms with Gasteiger partial charge in [0.2, 0.25) is 5.91 Å². The molecular weight excluding hydrogens is 396 g/mol. The molecule has 0 fully saturated rings. The number of hydrogen-bond donors (Lipinski definition) is 2. The zero-order valence-electron chi connectivity index (χ0n) is 14.5. The SMILES string of the molecule is CC(=O)NCc1sc(Nc2ccc(F)c(C(F)(F)F)c2)nc1-c1cccnc1. The van der Waals surface area contributed by atoms with Crippen molar-refractivity contribution in [2.45, 2.75) is 19.6 Å². The molecule has 3 aromatic rings. The van der Waals surface area contributed by atoms with E-state index >= 15 is 0 Å². The van der Waals surface area contributed by atoms with Crippen molar-refractivity contribution < 1.29 is 22.4 Å². The molecule has 0 atom stereocenters. The van der Waals surface area contributed by atoms with E-state index in [0.29, 0.717) is 27.3 Å². The van der Waals surface area contributed by atoms with Crippen molar-refractivity contribution in [3.05, 3.63) is 59.0 Å². The molecule has 0 aliphatic carbocycles. The van der Waals surface area contributed by atoms with E-state index in [0.717, 1.165) is 6.07 Å². The number of benzene rings is 1. The minimum atomic E-state index is -4.80. The maximum absolute atomic E-state index is 13.5. The maximum atomic E-state index is 13.5. The highest BCUT2D eigenvalue weighted by Gasteiger charge is 2.34. The van der Waals surface area contributed by atoms with Gasteiger partial charge in [0.15, 0.2) is 5.13 Å². The number of aromatic nitrogens is 2. The fourth-order valence-corrected chi connectivity index (χ4v) is 3.35. The molecule has 0 saturated heterocycles. The van der Waals surface area contributed by atoms with Crippen LogP contribution in [-0.2, 0) is 17.5 Å². The number of carbonyl (C=O) groups is 1. The Bertz CT molecular complexity index is 989. The van der Waals surface area contributed by atoms with Crippen LogP contribution in [0.1, 0.15) is 17.4 Å².